The number of aryl methyl sites for hydroxylation is 2. The number of benzene rings is 1. The van der Waals surface area contributed by atoms with E-state index >= 15 is 0 Å². The smallest absolute Gasteiger partial charge is 0.317 e. The first-order valence-corrected chi connectivity index (χ1v) is 10.6. The molecule has 1 atom stereocenters. The van der Waals surface area contributed by atoms with E-state index in [9.17, 15) is 4.79 Å². The fourth-order valence-corrected chi connectivity index (χ4v) is 4.84. The summed E-state index contributed by atoms with van der Waals surface area (Å²) in [5, 5.41) is 4.61. The first kappa shape index (κ1) is 18.2. The van der Waals surface area contributed by atoms with Crippen molar-refractivity contribution in [1.82, 2.24) is 25.2 Å². The number of hydrogen-bond donors (Lipinski definition) is 2. The first-order valence-electron chi connectivity index (χ1n) is 10.6. The Morgan fingerprint density at radius 1 is 1.21 bits per heavy atom. The van der Waals surface area contributed by atoms with E-state index in [1.807, 2.05) is 11.0 Å². The Hall–Kier alpha value is -2.89. The minimum Gasteiger partial charge on any atom is -0.358 e. The van der Waals surface area contributed by atoms with Gasteiger partial charge in [-0.25, -0.2) is 14.8 Å². The second-order valence-electron chi connectivity index (χ2n) is 8.42. The molecule has 1 fully saturated rings. The Morgan fingerprint density at radius 2 is 2.07 bits per heavy atom. The number of carbonyl (C=O) groups is 1. The molecule has 0 saturated carbocycles. The van der Waals surface area contributed by atoms with Crippen LogP contribution in [0.1, 0.15) is 47.7 Å². The van der Waals surface area contributed by atoms with Crippen LogP contribution in [0.2, 0.25) is 0 Å². The zero-order chi connectivity index (χ0) is 19.8. The molecular weight excluding hydrogens is 362 g/mol. The van der Waals surface area contributed by atoms with Crippen molar-refractivity contribution in [2.75, 3.05) is 13.1 Å². The van der Waals surface area contributed by atoms with Crippen LogP contribution < -0.4 is 5.32 Å². The molecule has 5 rings (SSSR count). The minimum absolute atomic E-state index is 0.0793. The van der Waals surface area contributed by atoms with Gasteiger partial charge in [-0.3, -0.25) is 0 Å². The number of urea groups is 1. The Morgan fingerprint density at radius 3 is 2.86 bits per heavy atom. The number of nitrogens with one attached hydrogen (secondary N) is 2. The molecule has 2 aliphatic rings. The number of aromatic amines is 1. The number of nitrogens with zero attached hydrogens (tertiary/aromatic N) is 3. The number of rotatable bonds is 2. The lowest BCUT2D eigenvalue weighted by molar-refractivity contribution is 0.176. The lowest BCUT2D eigenvalue weighted by Crippen LogP contribution is -2.49. The SMILES string of the molecule is Cc1ccc2[nH]c3c(c2c1)CC(NC(=O)N1CCC(c2ccncn2)CC1)CC3. The molecule has 2 N–H and O–H groups in total. The summed E-state index contributed by atoms with van der Waals surface area (Å²) in [7, 11) is 0. The molecule has 3 heterocycles. The van der Waals surface area contributed by atoms with Crippen LogP contribution >= 0.6 is 0 Å². The highest BCUT2D eigenvalue weighted by molar-refractivity contribution is 5.86. The average molecular weight is 390 g/mol. The molecule has 0 radical (unpaired) electrons. The van der Waals surface area contributed by atoms with Gasteiger partial charge in [0, 0.05) is 53.5 Å². The highest BCUT2D eigenvalue weighted by atomic mass is 16.2. The number of H-pyrrole nitrogens is 1. The highest BCUT2D eigenvalue weighted by Gasteiger charge is 2.28. The predicted molar refractivity (Wildman–Crippen MR) is 113 cm³/mol. The van der Waals surface area contributed by atoms with Gasteiger partial charge in [-0.05, 0) is 62.8 Å². The van der Waals surface area contributed by atoms with Crippen molar-refractivity contribution in [2.24, 2.45) is 0 Å². The topological polar surface area (TPSA) is 73.9 Å². The summed E-state index contributed by atoms with van der Waals surface area (Å²) < 4.78 is 0. The minimum atomic E-state index is 0.0793. The quantitative estimate of drug-likeness (QED) is 0.702. The Bertz CT molecular complexity index is 1020. The molecule has 150 valence electrons. The van der Waals surface area contributed by atoms with Crippen molar-refractivity contribution in [3.63, 3.8) is 0 Å². The summed E-state index contributed by atoms with van der Waals surface area (Å²) in [5.74, 6) is 0.425. The van der Waals surface area contributed by atoms with E-state index < -0.39 is 0 Å². The lowest BCUT2D eigenvalue weighted by atomic mass is 9.91. The van der Waals surface area contributed by atoms with Gasteiger partial charge in [0.1, 0.15) is 6.33 Å². The fraction of sp³-hybridized carbons (Fsp3) is 0.435. The van der Waals surface area contributed by atoms with Gasteiger partial charge in [-0.2, -0.15) is 0 Å². The zero-order valence-corrected chi connectivity index (χ0v) is 16.8. The van der Waals surface area contributed by atoms with E-state index in [1.54, 1.807) is 12.5 Å². The van der Waals surface area contributed by atoms with Gasteiger partial charge in [0.15, 0.2) is 0 Å². The molecule has 6 heteroatoms. The highest BCUT2D eigenvalue weighted by Crippen LogP contribution is 2.30. The molecule has 6 nitrogen and oxygen atoms in total. The summed E-state index contributed by atoms with van der Waals surface area (Å²) in [6, 6.07) is 8.84. The molecule has 29 heavy (non-hydrogen) atoms. The number of piperidine rings is 1. The molecular formula is C23H27N5O. The molecule has 0 spiro atoms. The van der Waals surface area contributed by atoms with Crippen LogP contribution in [0.15, 0.2) is 36.8 Å². The second-order valence-corrected chi connectivity index (χ2v) is 8.42. The number of likely N-dealkylation sites (tertiary alicyclic amines) is 1. The van der Waals surface area contributed by atoms with Gasteiger partial charge in [0.25, 0.3) is 0 Å². The normalized spacial score (nSPS) is 19.9. The van der Waals surface area contributed by atoms with Crippen LogP contribution in [0.5, 0.6) is 0 Å². The van der Waals surface area contributed by atoms with Crippen LogP contribution in [-0.4, -0.2) is 45.0 Å². The van der Waals surface area contributed by atoms with Gasteiger partial charge in [0.05, 0.1) is 0 Å². The monoisotopic (exact) mass is 389 g/mol. The van der Waals surface area contributed by atoms with Crippen molar-refractivity contribution >= 4 is 16.9 Å². The maximum Gasteiger partial charge on any atom is 0.317 e. The van der Waals surface area contributed by atoms with E-state index in [0.717, 1.165) is 50.9 Å². The number of fused-ring (bicyclic) bond motifs is 3. The molecule has 2 aromatic heterocycles. The molecule has 1 saturated heterocycles. The fourth-order valence-electron chi connectivity index (χ4n) is 4.84. The van der Waals surface area contributed by atoms with Crippen molar-refractivity contribution in [2.45, 2.75) is 51.0 Å². The van der Waals surface area contributed by atoms with Crippen LogP contribution in [0.25, 0.3) is 10.9 Å². The first-order chi connectivity index (χ1) is 14.2. The van der Waals surface area contributed by atoms with Crippen LogP contribution in [0.3, 0.4) is 0 Å². The number of hydrogen-bond acceptors (Lipinski definition) is 3. The largest absolute Gasteiger partial charge is 0.358 e. The van der Waals surface area contributed by atoms with Crippen LogP contribution in [0, 0.1) is 6.92 Å². The third-order valence-corrected chi connectivity index (χ3v) is 6.48. The number of aromatic nitrogens is 3. The number of amides is 2. The standard InChI is InChI=1S/C23H27N5O/c1-15-2-4-21-18(12-15)19-13-17(3-5-22(19)27-21)26-23(29)28-10-7-16(8-11-28)20-6-9-24-14-25-20/h2,4,6,9,12,14,16-17,27H,3,5,7-8,10-11,13H2,1H3,(H,26,29). The van der Waals surface area contributed by atoms with E-state index in [-0.39, 0.29) is 12.1 Å². The van der Waals surface area contributed by atoms with Gasteiger partial charge < -0.3 is 15.2 Å². The van der Waals surface area contributed by atoms with Crippen molar-refractivity contribution in [3.05, 3.63) is 59.3 Å². The third-order valence-electron chi connectivity index (χ3n) is 6.48. The summed E-state index contributed by atoms with van der Waals surface area (Å²) in [6.07, 6.45) is 8.21. The Kier molecular flexibility index (Phi) is 4.70. The third kappa shape index (κ3) is 3.59. The van der Waals surface area contributed by atoms with E-state index in [1.165, 1.54) is 27.7 Å². The van der Waals surface area contributed by atoms with Crippen LogP contribution in [-0.2, 0) is 12.8 Å². The maximum absolute atomic E-state index is 12.9. The van der Waals surface area contributed by atoms with Gasteiger partial charge in [-0.15, -0.1) is 0 Å². The molecule has 1 unspecified atom stereocenters. The Balaban J connectivity index is 1.21. The summed E-state index contributed by atoms with van der Waals surface area (Å²) in [5.41, 5.74) is 6.29. The molecule has 1 aliphatic carbocycles. The van der Waals surface area contributed by atoms with E-state index in [4.69, 9.17) is 0 Å². The van der Waals surface area contributed by atoms with E-state index in [0.29, 0.717) is 5.92 Å². The molecule has 0 bridgehead atoms. The summed E-state index contributed by atoms with van der Waals surface area (Å²) in [6.45, 7) is 3.70. The van der Waals surface area contributed by atoms with E-state index in [2.05, 4.69) is 45.4 Å². The lowest BCUT2D eigenvalue weighted by Gasteiger charge is -2.33. The van der Waals surface area contributed by atoms with Crippen molar-refractivity contribution in [1.29, 1.82) is 0 Å². The maximum atomic E-state index is 12.9. The number of carbonyl (C=O) groups excluding carboxylic acids is 1. The van der Waals surface area contributed by atoms with Gasteiger partial charge >= 0.3 is 6.03 Å². The van der Waals surface area contributed by atoms with Crippen molar-refractivity contribution in [3.8, 4) is 0 Å². The van der Waals surface area contributed by atoms with Crippen LogP contribution in [0.4, 0.5) is 4.79 Å². The summed E-state index contributed by atoms with van der Waals surface area (Å²) >= 11 is 0. The second kappa shape index (κ2) is 7.50. The van der Waals surface area contributed by atoms with Gasteiger partial charge in [0.2, 0.25) is 0 Å². The molecule has 2 amide bonds. The predicted octanol–water partition coefficient (Wildman–Crippen LogP) is 3.71. The van der Waals surface area contributed by atoms with Crippen molar-refractivity contribution < 1.29 is 4.79 Å². The molecule has 3 aromatic rings. The Labute approximate surface area is 170 Å². The molecule has 1 aromatic carbocycles. The van der Waals surface area contributed by atoms with Gasteiger partial charge in [-0.1, -0.05) is 11.6 Å². The molecule has 1 aliphatic heterocycles. The summed E-state index contributed by atoms with van der Waals surface area (Å²) in [4.78, 5) is 26.8. The average Bonchev–Trinajstić information content (AvgIpc) is 3.12. The zero-order valence-electron chi connectivity index (χ0n) is 16.8.